The van der Waals surface area contributed by atoms with Gasteiger partial charge in [-0.2, -0.15) is 4.31 Å². The van der Waals surface area contributed by atoms with Crippen LogP contribution in [-0.4, -0.2) is 62.2 Å². The first-order valence-electron chi connectivity index (χ1n) is 7.72. The quantitative estimate of drug-likeness (QED) is 0.808. The van der Waals surface area contributed by atoms with Gasteiger partial charge in [0.05, 0.1) is 25.6 Å². The molecule has 1 fully saturated rings. The van der Waals surface area contributed by atoms with Crippen molar-refractivity contribution in [2.24, 2.45) is 0 Å². The summed E-state index contributed by atoms with van der Waals surface area (Å²) in [5, 5.41) is 3.11. The molecule has 6 nitrogen and oxygen atoms in total. The van der Waals surface area contributed by atoms with E-state index in [-0.39, 0.29) is 0 Å². The van der Waals surface area contributed by atoms with Gasteiger partial charge in [-0.25, -0.2) is 13.4 Å². The zero-order valence-corrected chi connectivity index (χ0v) is 15.4. The second-order valence-electron chi connectivity index (χ2n) is 5.79. The lowest BCUT2D eigenvalue weighted by atomic mass is 10.2. The fourth-order valence-corrected chi connectivity index (χ4v) is 4.36. The minimum absolute atomic E-state index is 0.551. The van der Waals surface area contributed by atoms with Crippen LogP contribution in [0.3, 0.4) is 0 Å². The molecular formula is C16H21N3O3S2. The van der Waals surface area contributed by atoms with Crippen molar-refractivity contribution in [2.75, 3.05) is 39.5 Å². The van der Waals surface area contributed by atoms with Crippen LogP contribution in [0.2, 0.25) is 0 Å². The third-order valence-corrected chi connectivity index (χ3v) is 6.23. The molecule has 130 valence electrons. The molecule has 0 aliphatic carbocycles. The number of methoxy groups -OCH3 is 1. The van der Waals surface area contributed by atoms with Gasteiger partial charge < -0.3 is 4.74 Å². The lowest BCUT2D eigenvalue weighted by Gasteiger charge is -2.32. The molecule has 3 rings (SSSR count). The summed E-state index contributed by atoms with van der Waals surface area (Å²) >= 11 is 1.64. The first kappa shape index (κ1) is 17.3. The Labute approximate surface area is 146 Å². The van der Waals surface area contributed by atoms with E-state index in [9.17, 15) is 8.42 Å². The Morgan fingerprint density at radius 2 is 1.83 bits per heavy atom. The summed E-state index contributed by atoms with van der Waals surface area (Å²) in [6.45, 7) is 3.35. The van der Waals surface area contributed by atoms with Gasteiger partial charge in [0, 0.05) is 37.1 Å². The molecular weight excluding hydrogens is 346 g/mol. The standard InChI is InChI=1S/C16H21N3O3S2/c1-22-14-5-3-13(4-6-14)15-12-23-16(17-15)11-18-7-9-19(10-8-18)24(2,20)21/h3-6,12H,7-11H2,1-2H3. The predicted molar refractivity (Wildman–Crippen MR) is 95.8 cm³/mol. The number of piperazine rings is 1. The molecule has 2 heterocycles. The summed E-state index contributed by atoms with van der Waals surface area (Å²) in [5.74, 6) is 0.831. The smallest absolute Gasteiger partial charge is 0.211 e. The summed E-state index contributed by atoms with van der Waals surface area (Å²) in [7, 11) is -1.42. The number of ether oxygens (including phenoxy) is 1. The van der Waals surface area contributed by atoms with E-state index >= 15 is 0 Å². The van der Waals surface area contributed by atoms with Crippen molar-refractivity contribution in [2.45, 2.75) is 6.54 Å². The molecule has 0 atom stereocenters. The fourth-order valence-electron chi connectivity index (χ4n) is 2.69. The third-order valence-electron chi connectivity index (χ3n) is 4.10. The van der Waals surface area contributed by atoms with Crippen LogP contribution in [0.5, 0.6) is 5.75 Å². The molecule has 2 aromatic rings. The van der Waals surface area contributed by atoms with Gasteiger partial charge in [0.15, 0.2) is 0 Å². The van der Waals surface area contributed by atoms with Crippen LogP contribution in [0.25, 0.3) is 11.3 Å². The first-order valence-corrected chi connectivity index (χ1v) is 10.4. The van der Waals surface area contributed by atoms with Gasteiger partial charge in [-0.15, -0.1) is 11.3 Å². The lowest BCUT2D eigenvalue weighted by Crippen LogP contribution is -2.47. The van der Waals surface area contributed by atoms with E-state index in [2.05, 4.69) is 10.3 Å². The fraction of sp³-hybridized carbons (Fsp3) is 0.438. The van der Waals surface area contributed by atoms with E-state index in [1.165, 1.54) is 10.6 Å². The average molecular weight is 367 g/mol. The molecule has 0 saturated carbocycles. The van der Waals surface area contributed by atoms with Crippen LogP contribution in [0.4, 0.5) is 0 Å². The van der Waals surface area contributed by atoms with Crippen molar-refractivity contribution in [3.63, 3.8) is 0 Å². The number of aromatic nitrogens is 1. The highest BCUT2D eigenvalue weighted by atomic mass is 32.2. The average Bonchev–Trinajstić information content (AvgIpc) is 3.03. The highest BCUT2D eigenvalue weighted by Crippen LogP contribution is 2.25. The minimum Gasteiger partial charge on any atom is -0.497 e. The number of benzene rings is 1. The molecule has 0 bridgehead atoms. The second-order valence-corrected chi connectivity index (χ2v) is 8.72. The monoisotopic (exact) mass is 367 g/mol. The van der Waals surface area contributed by atoms with E-state index in [1.54, 1.807) is 18.4 Å². The zero-order chi connectivity index (χ0) is 17.2. The molecule has 1 aromatic carbocycles. The van der Waals surface area contributed by atoms with Gasteiger partial charge >= 0.3 is 0 Å². The Balaban J connectivity index is 1.60. The van der Waals surface area contributed by atoms with E-state index in [0.29, 0.717) is 13.1 Å². The Morgan fingerprint density at radius 1 is 1.17 bits per heavy atom. The van der Waals surface area contributed by atoms with Crippen molar-refractivity contribution < 1.29 is 13.2 Å². The molecule has 0 N–H and O–H groups in total. The number of thiazole rings is 1. The molecule has 8 heteroatoms. The van der Waals surface area contributed by atoms with Crippen molar-refractivity contribution in [3.05, 3.63) is 34.7 Å². The third kappa shape index (κ3) is 4.13. The van der Waals surface area contributed by atoms with Crippen LogP contribution in [-0.2, 0) is 16.6 Å². The minimum atomic E-state index is -3.08. The number of hydrogen-bond acceptors (Lipinski definition) is 6. The highest BCUT2D eigenvalue weighted by Gasteiger charge is 2.23. The SMILES string of the molecule is COc1ccc(-c2csc(CN3CCN(S(C)(=O)=O)CC3)n2)cc1. The Bertz CT molecular complexity index is 779. The molecule has 24 heavy (non-hydrogen) atoms. The largest absolute Gasteiger partial charge is 0.497 e. The lowest BCUT2D eigenvalue weighted by molar-refractivity contribution is 0.182. The Kier molecular flexibility index (Phi) is 5.19. The summed E-state index contributed by atoms with van der Waals surface area (Å²) in [6.07, 6.45) is 1.27. The summed E-state index contributed by atoms with van der Waals surface area (Å²) < 4.78 is 29.8. The van der Waals surface area contributed by atoms with E-state index < -0.39 is 10.0 Å². The summed E-state index contributed by atoms with van der Waals surface area (Å²) in [5.41, 5.74) is 2.03. The van der Waals surface area contributed by atoms with Crippen LogP contribution >= 0.6 is 11.3 Å². The van der Waals surface area contributed by atoms with E-state index in [4.69, 9.17) is 9.72 Å². The van der Waals surface area contributed by atoms with Crippen LogP contribution in [0, 0.1) is 0 Å². The zero-order valence-electron chi connectivity index (χ0n) is 13.8. The van der Waals surface area contributed by atoms with Crippen LogP contribution < -0.4 is 4.74 Å². The molecule has 0 radical (unpaired) electrons. The molecule has 0 spiro atoms. The topological polar surface area (TPSA) is 62.7 Å². The van der Waals surface area contributed by atoms with Crippen molar-refractivity contribution in [3.8, 4) is 17.0 Å². The Hall–Kier alpha value is -1.48. The molecule has 1 saturated heterocycles. The van der Waals surface area contributed by atoms with Gasteiger partial charge in [0.1, 0.15) is 10.8 Å². The maximum atomic E-state index is 11.5. The second kappa shape index (κ2) is 7.18. The van der Waals surface area contributed by atoms with Crippen molar-refractivity contribution in [1.82, 2.24) is 14.2 Å². The highest BCUT2D eigenvalue weighted by molar-refractivity contribution is 7.88. The molecule has 1 aromatic heterocycles. The molecule has 1 aliphatic rings. The van der Waals surface area contributed by atoms with Gasteiger partial charge in [-0.1, -0.05) is 0 Å². The van der Waals surface area contributed by atoms with E-state index in [0.717, 1.165) is 41.6 Å². The molecule has 0 unspecified atom stereocenters. The number of sulfonamides is 1. The maximum Gasteiger partial charge on any atom is 0.211 e. The molecule has 0 amide bonds. The van der Waals surface area contributed by atoms with Crippen molar-refractivity contribution >= 4 is 21.4 Å². The van der Waals surface area contributed by atoms with Crippen LogP contribution in [0.1, 0.15) is 5.01 Å². The maximum absolute atomic E-state index is 11.5. The number of rotatable bonds is 5. The molecule has 1 aliphatic heterocycles. The summed E-state index contributed by atoms with van der Waals surface area (Å²) in [6, 6.07) is 7.86. The van der Waals surface area contributed by atoms with Gasteiger partial charge in [-0.3, -0.25) is 4.90 Å². The number of hydrogen-bond donors (Lipinski definition) is 0. The van der Waals surface area contributed by atoms with Gasteiger partial charge in [-0.05, 0) is 24.3 Å². The van der Waals surface area contributed by atoms with Gasteiger partial charge in [0.25, 0.3) is 0 Å². The van der Waals surface area contributed by atoms with Gasteiger partial charge in [0.2, 0.25) is 10.0 Å². The summed E-state index contributed by atoms with van der Waals surface area (Å²) in [4.78, 5) is 6.95. The Morgan fingerprint density at radius 3 is 2.42 bits per heavy atom. The first-order chi connectivity index (χ1) is 11.5. The van der Waals surface area contributed by atoms with E-state index in [1.807, 2.05) is 24.3 Å². The predicted octanol–water partition coefficient (Wildman–Crippen LogP) is 1.90. The number of nitrogens with zero attached hydrogens (tertiary/aromatic N) is 3. The van der Waals surface area contributed by atoms with Crippen LogP contribution in [0.15, 0.2) is 29.6 Å². The normalized spacial score (nSPS) is 17.1. The van der Waals surface area contributed by atoms with Crippen molar-refractivity contribution in [1.29, 1.82) is 0 Å².